The molecule has 9 atom stereocenters. The monoisotopic (exact) mass is 417 g/mol. The molecule has 4 heterocycles. The number of nitrogens with one attached hydrogen (secondary N) is 2. The Labute approximate surface area is 179 Å². The van der Waals surface area contributed by atoms with Gasteiger partial charge in [0.1, 0.15) is 6.10 Å². The summed E-state index contributed by atoms with van der Waals surface area (Å²) in [5.74, 6) is 0.649. The largest absolute Gasteiger partial charge is 0.377 e. The number of carbonyl (C=O) groups is 1. The molecule has 4 aliphatic rings. The second-order valence-corrected chi connectivity index (χ2v) is 9.26. The fraction of sp³-hybridized carbons (Fsp3) is 0.864. The van der Waals surface area contributed by atoms with Gasteiger partial charge in [0.25, 0.3) is 0 Å². The van der Waals surface area contributed by atoms with Gasteiger partial charge < -0.3 is 25.0 Å². The highest BCUT2D eigenvalue weighted by molar-refractivity contribution is 5.83. The van der Waals surface area contributed by atoms with E-state index >= 15 is 0 Å². The zero-order chi connectivity index (χ0) is 21.3. The maximum atomic E-state index is 13.3. The lowest BCUT2D eigenvalue weighted by Gasteiger charge is -2.41. The number of likely N-dealkylation sites (tertiary alicyclic amines) is 1. The lowest BCUT2D eigenvalue weighted by Crippen LogP contribution is -2.56. The zero-order valence-electron chi connectivity index (χ0n) is 18.3. The van der Waals surface area contributed by atoms with E-state index in [0.717, 1.165) is 38.6 Å². The molecule has 0 radical (unpaired) electrons. The van der Waals surface area contributed by atoms with Crippen molar-refractivity contribution in [1.82, 2.24) is 15.5 Å². The van der Waals surface area contributed by atoms with Crippen LogP contribution in [0.15, 0.2) is 4.99 Å². The SMILES string of the molecule is COC1CC(C2CCC3C(=O)N(C4CCNC(CC#N)C4)C(C)C3N2)C=NC1OC. The normalized spacial score (nSPS) is 44.0. The standard InChI is InChI=1S/C22H35N5O3/c1-13-20-17(22(28)27(13)16-7-9-24-15(11-16)6-8-23)4-5-18(26-20)14-10-19(29-2)21(30-3)25-12-14/h12-21,24,26H,4-7,9-11H2,1-3H3. The van der Waals surface area contributed by atoms with Gasteiger partial charge in [-0.1, -0.05) is 0 Å². The van der Waals surface area contributed by atoms with Crippen molar-refractivity contribution in [1.29, 1.82) is 5.26 Å². The summed E-state index contributed by atoms with van der Waals surface area (Å²) in [5.41, 5.74) is 0. The average Bonchev–Trinajstić information content (AvgIpc) is 3.03. The first-order valence-corrected chi connectivity index (χ1v) is 11.3. The lowest BCUT2D eigenvalue weighted by molar-refractivity contribution is -0.135. The van der Waals surface area contributed by atoms with Crippen LogP contribution < -0.4 is 10.6 Å². The van der Waals surface area contributed by atoms with Gasteiger partial charge in [0.15, 0.2) is 6.23 Å². The average molecular weight is 418 g/mol. The van der Waals surface area contributed by atoms with Gasteiger partial charge in [0, 0.05) is 56.6 Å². The number of aliphatic imine (C=N–C) groups is 1. The topological polar surface area (TPSA) is 99.0 Å². The number of rotatable bonds is 5. The van der Waals surface area contributed by atoms with Crippen LogP contribution in [0.1, 0.15) is 45.4 Å². The van der Waals surface area contributed by atoms with Crippen LogP contribution in [0, 0.1) is 23.2 Å². The Bertz CT molecular complexity index is 695. The quantitative estimate of drug-likeness (QED) is 0.694. The number of hydrogen-bond acceptors (Lipinski definition) is 7. The van der Waals surface area contributed by atoms with Gasteiger partial charge in [0.2, 0.25) is 5.91 Å². The molecule has 4 rings (SSSR count). The highest BCUT2D eigenvalue weighted by atomic mass is 16.5. The fourth-order valence-electron chi connectivity index (χ4n) is 6.09. The summed E-state index contributed by atoms with van der Waals surface area (Å²) in [7, 11) is 3.38. The van der Waals surface area contributed by atoms with Gasteiger partial charge in [0.05, 0.1) is 18.4 Å². The third kappa shape index (κ3) is 4.01. The summed E-state index contributed by atoms with van der Waals surface area (Å²) in [4.78, 5) is 20.0. The number of ether oxygens (including phenoxy) is 2. The molecule has 0 aliphatic carbocycles. The Kier molecular flexibility index (Phi) is 6.73. The van der Waals surface area contributed by atoms with Gasteiger partial charge in [-0.2, -0.15) is 5.26 Å². The molecule has 8 heteroatoms. The van der Waals surface area contributed by atoms with Crippen LogP contribution in [0.4, 0.5) is 0 Å². The van der Waals surface area contributed by atoms with Gasteiger partial charge in [-0.25, -0.2) is 0 Å². The Balaban J connectivity index is 1.43. The number of methoxy groups -OCH3 is 2. The summed E-state index contributed by atoms with van der Waals surface area (Å²) in [6.07, 6.45) is 6.88. The van der Waals surface area contributed by atoms with Gasteiger partial charge in [-0.05, 0) is 45.6 Å². The van der Waals surface area contributed by atoms with Crippen LogP contribution in [0.25, 0.3) is 0 Å². The van der Waals surface area contributed by atoms with Crippen molar-refractivity contribution < 1.29 is 14.3 Å². The van der Waals surface area contributed by atoms with Gasteiger partial charge >= 0.3 is 0 Å². The van der Waals surface area contributed by atoms with E-state index in [1.807, 2.05) is 6.21 Å². The van der Waals surface area contributed by atoms with Crippen molar-refractivity contribution in [3.8, 4) is 6.07 Å². The number of nitriles is 1. The molecule has 30 heavy (non-hydrogen) atoms. The Morgan fingerprint density at radius 3 is 2.83 bits per heavy atom. The molecule has 3 saturated heterocycles. The van der Waals surface area contributed by atoms with Crippen LogP contribution in [-0.2, 0) is 14.3 Å². The maximum Gasteiger partial charge on any atom is 0.227 e. The van der Waals surface area contributed by atoms with E-state index in [9.17, 15) is 4.79 Å². The molecule has 3 fully saturated rings. The first-order valence-electron chi connectivity index (χ1n) is 11.3. The second-order valence-electron chi connectivity index (χ2n) is 9.26. The Morgan fingerprint density at radius 2 is 2.10 bits per heavy atom. The molecule has 0 aromatic rings. The number of amides is 1. The summed E-state index contributed by atoms with van der Waals surface area (Å²) in [5, 5.41) is 16.3. The molecule has 0 saturated carbocycles. The van der Waals surface area contributed by atoms with E-state index in [-0.39, 0.29) is 48.3 Å². The molecule has 8 nitrogen and oxygen atoms in total. The first-order chi connectivity index (χ1) is 14.6. The molecule has 2 N–H and O–H groups in total. The molecular formula is C22H35N5O3. The minimum absolute atomic E-state index is 0.0320. The van der Waals surface area contributed by atoms with Crippen LogP contribution in [-0.4, -0.2) is 80.3 Å². The molecule has 166 valence electrons. The van der Waals surface area contributed by atoms with Crippen molar-refractivity contribution in [2.75, 3.05) is 20.8 Å². The van der Waals surface area contributed by atoms with E-state index in [2.05, 4.69) is 33.5 Å². The summed E-state index contributed by atoms with van der Waals surface area (Å²) < 4.78 is 11.0. The van der Waals surface area contributed by atoms with E-state index in [4.69, 9.17) is 14.7 Å². The molecule has 0 aromatic carbocycles. The number of carbonyl (C=O) groups excluding carboxylic acids is 1. The van der Waals surface area contributed by atoms with E-state index in [0.29, 0.717) is 18.4 Å². The Morgan fingerprint density at radius 1 is 1.27 bits per heavy atom. The number of nitrogens with zero attached hydrogens (tertiary/aromatic N) is 3. The lowest BCUT2D eigenvalue weighted by atomic mass is 9.80. The second kappa shape index (κ2) is 9.31. The third-order valence-corrected chi connectivity index (χ3v) is 7.67. The van der Waals surface area contributed by atoms with Crippen LogP contribution >= 0.6 is 0 Å². The van der Waals surface area contributed by atoms with E-state index in [1.54, 1.807) is 14.2 Å². The smallest absolute Gasteiger partial charge is 0.227 e. The van der Waals surface area contributed by atoms with E-state index < -0.39 is 0 Å². The molecule has 1 amide bonds. The van der Waals surface area contributed by atoms with Crippen LogP contribution in [0.5, 0.6) is 0 Å². The van der Waals surface area contributed by atoms with Crippen molar-refractivity contribution in [3.63, 3.8) is 0 Å². The molecule has 0 spiro atoms. The van der Waals surface area contributed by atoms with Crippen LogP contribution in [0.2, 0.25) is 0 Å². The predicted molar refractivity (Wildman–Crippen MR) is 113 cm³/mol. The molecule has 0 aromatic heterocycles. The molecular weight excluding hydrogens is 382 g/mol. The number of hydrogen-bond donors (Lipinski definition) is 2. The molecule has 0 bridgehead atoms. The predicted octanol–water partition coefficient (Wildman–Crippen LogP) is 1.07. The molecule has 4 aliphatic heterocycles. The minimum atomic E-state index is -0.230. The van der Waals surface area contributed by atoms with Gasteiger partial charge in [-0.3, -0.25) is 9.79 Å². The Hall–Kier alpha value is -1.53. The van der Waals surface area contributed by atoms with Crippen molar-refractivity contribution in [2.45, 2.75) is 88.0 Å². The van der Waals surface area contributed by atoms with Crippen LogP contribution in [0.3, 0.4) is 0 Å². The first kappa shape index (κ1) is 21.7. The fourth-order valence-corrected chi connectivity index (χ4v) is 6.09. The number of piperidine rings is 2. The van der Waals surface area contributed by atoms with Gasteiger partial charge in [-0.15, -0.1) is 0 Å². The highest BCUT2D eigenvalue weighted by Crippen LogP contribution is 2.38. The zero-order valence-corrected chi connectivity index (χ0v) is 18.3. The van der Waals surface area contributed by atoms with Crippen molar-refractivity contribution >= 4 is 12.1 Å². The summed E-state index contributed by atoms with van der Waals surface area (Å²) in [6, 6.07) is 3.34. The highest BCUT2D eigenvalue weighted by Gasteiger charge is 2.51. The minimum Gasteiger partial charge on any atom is -0.377 e. The van der Waals surface area contributed by atoms with Crippen molar-refractivity contribution in [2.24, 2.45) is 16.8 Å². The van der Waals surface area contributed by atoms with E-state index in [1.165, 1.54) is 0 Å². The number of fused-ring (bicyclic) bond motifs is 1. The maximum absolute atomic E-state index is 13.3. The molecule has 9 unspecified atom stereocenters. The van der Waals surface area contributed by atoms with Crippen molar-refractivity contribution in [3.05, 3.63) is 0 Å². The third-order valence-electron chi connectivity index (χ3n) is 7.67. The summed E-state index contributed by atoms with van der Waals surface area (Å²) >= 11 is 0. The summed E-state index contributed by atoms with van der Waals surface area (Å²) in [6.45, 7) is 3.06.